The highest BCUT2D eigenvalue weighted by atomic mass is 35.5. The van der Waals surface area contributed by atoms with Gasteiger partial charge in [-0.3, -0.25) is 9.69 Å². The van der Waals surface area contributed by atoms with Gasteiger partial charge in [-0.15, -0.1) is 0 Å². The number of ether oxygens (including phenoxy) is 1. The minimum absolute atomic E-state index is 0.0489. The third-order valence-electron chi connectivity index (χ3n) is 5.19. The fourth-order valence-electron chi connectivity index (χ4n) is 4.15. The first-order chi connectivity index (χ1) is 10.5. The Bertz CT molecular complexity index is 543. The minimum Gasteiger partial charge on any atom is -0.463 e. The highest BCUT2D eigenvalue weighted by Crippen LogP contribution is 2.46. The maximum absolute atomic E-state index is 12.7. The fraction of sp³-hybridized carbons (Fsp3) is 0.611. The second kappa shape index (κ2) is 6.21. The van der Waals surface area contributed by atoms with Crippen molar-refractivity contribution in [3.05, 3.63) is 34.9 Å². The van der Waals surface area contributed by atoms with Crippen LogP contribution in [0.3, 0.4) is 0 Å². The van der Waals surface area contributed by atoms with Crippen molar-refractivity contribution in [1.82, 2.24) is 4.90 Å². The SMILES string of the molecule is CC(C)OC(=O)[C@H]1[C@@H](c2ccc(Cl)cc2)C[C@@H]2CC[C@H]1N2C. The Hall–Kier alpha value is -1.06. The van der Waals surface area contributed by atoms with Crippen molar-refractivity contribution in [3.63, 3.8) is 0 Å². The van der Waals surface area contributed by atoms with Gasteiger partial charge in [-0.2, -0.15) is 0 Å². The number of esters is 1. The second-order valence-electron chi connectivity index (χ2n) is 6.87. The van der Waals surface area contributed by atoms with E-state index in [1.54, 1.807) is 0 Å². The molecule has 0 amide bonds. The summed E-state index contributed by atoms with van der Waals surface area (Å²) in [7, 11) is 2.15. The first-order valence-corrected chi connectivity index (χ1v) is 8.53. The number of hydrogen-bond acceptors (Lipinski definition) is 3. The molecule has 1 aromatic rings. The summed E-state index contributed by atoms with van der Waals surface area (Å²) in [5.74, 6) is 0.108. The van der Waals surface area contributed by atoms with Crippen molar-refractivity contribution in [2.24, 2.45) is 5.92 Å². The summed E-state index contributed by atoms with van der Waals surface area (Å²) in [5.41, 5.74) is 1.21. The first-order valence-electron chi connectivity index (χ1n) is 8.15. The molecule has 22 heavy (non-hydrogen) atoms. The quantitative estimate of drug-likeness (QED) is 0.792. The lowest BCUT2D eigenvalue weighted by Crippen LogP contribution is -2.49. The van der Waals surface area contributed by atoms with Crippen LogP contribution in [0.1, 0.15) is 44.6 Å². The molecule has 2 saturated heterocycles. The van der Waals surface area contributed by atoms with Gasteiger partial charge in [-0.1, -0.05) is 23.7 Å². The van der Waals surface area contributed by atoms with Crippen LogP contribution < -0.4 is 0 Å². The first kappa shape index (κ1) is 15.8. The largest absolute Gasteiger partial charge is 0.463 e. The maximum atomic E-state index is 12.7. The summed E-state index contributed by atoms with van der Waals surface area (Å²) >= 11 is 6.01. The summed E-state index contributed by atoms with van der Waals surface area (Å²) < 4.78 is 5.57. The van der Waals surface area contributed by atoms with Crippen LogP contribution in [0.4, 0.5) is 0 Å². The molecule has 2 aliphatic rings. The summed E-state index contributed by atoms with van der Waals surface area (Å²) in [4.78, 5) is 15.1. The van der Waals surface area contributed by atoms with Crippen molar-refractivity contribution in [3.8, 4) is 0 Å². The Labute approximate surface area is 137 Å². The lowest BCUT2D eigenvalue weighted by molar-refractivity contribution is -0.157. The zero-order valence-electron chi connectivity index (χ0n) is 13.5. The van der Waals surface area contributed by atoms with Gasteiger partial charge in [-0.05, 0) is 57.9 Å². The Morgan fingerprint density at radius 1 is 1.27 bits per heavy atom. The van der Waals surface area contributed by atoms with Crippen molar-refractivity contribution in [1.29, 1.82) is 0 Å². The van der Waals surface area contributed by atoms with Crippen molar-refractivity contribution in [2.75, 3.05) is 7.05 Å². The number of halogens is 1. The summed E-state index contributed by atoms with van der Waals surface area (Å²) in [6.45, 7) is 3.83. The van der Waals surface area contributed by atoms with Gasteiger partial charge in [0.1, 0.15) is 0 Å². The molecule has 0 spiro atoms. The van der Waals surface area contributed by atoms with E-state index in [1.807, 2.05) is 26.0 Å². The van der Waals surface area contributed by atoms with E-state index in [4.69, 9.17) is 16.3 Å². The summed E-state index contributed by atoms with van der Waals surface area (Å²) in [6, 6.07) is 8.84. The second-order valence-corrected chi connectivity index (χ2v) is 7.31. The zero-order valence-corrected chi connectivity index (χ0v) is 14.2. The predicted octanol–water partition coefficient (Wildman–Crippen LogP) is 3.86. The molecule has 2 bridgehead atoms. The number of nitrogens with zero attached hydrogens (tertiary/aromatic N) is 1. The number of rotatable bonds is 3. The lowest BCUT2D eigenvalue weighted by atomic mass is 9.76. The van der Waals surface area contributed by atoms with Crippen molar-refractivity contribution < 1.29 is 9.53 Å². The lowest BCUT2D eigenvalue weighted by Gasteiger charge is -2.42. The molecule has 3 rings (SSSR count). The van der Waals surface area contributed by atoms with Crippen molar-refractivity contribution in [2.45, 2.75) is 57.2 Å². The van der Waals surface area contributed by atoms with Crippen molar-refractivity contribution >= 4 is 17.6 Å². The highest BCUT2D eigenvalue weighted by Gasteiger charge is 2.49. The molecule has 4 atom stereocenters. The zero-order chi connectivity index (χ0) is 15.9. The van der Waals surface area contributed by atoms with E-state index >= 15 is 0 Å². The predicted molar refractivity (Wildman–Crippen MR) is 88.1 cm³/mol. The number of hydrogen-bond donors (Lipinski definition) is 0. The van der Waals surface area contributed by atoms with E-state index in [2.05, 4.69) is 24.1 Å². The molecule has 1 aromatic carbocycles. The van der Waals surface area contributed by atoms with Gasteiger partial charge in [0, 0.05) is 23.0 Å². The topological polar surface area (TPSA) is 29.5 Å². The van der Waals surface area contributed by atoms with Crippen LogP contribution in [0.2, 0.25) is 5.02 Å². The molecule has 0 radical (unpaired) electrons. The molecule has 2 aliphatic heterocycles. The molecule has 0 aromatic heterocycles. The molecule has 2 heterocycles. The average Bonchev–Trinajstić information content (AvgIpc) is 2.71. The normalized spacial score (nSPS) is 31.5. The van der Waals surface area contributed by atoms with Gasteiger partial charge in [0.25, 0.3) is 0 Å². The molecule has 0 unspecified atom stereocenters. The Balaban J connectivity index is 1.91. The number of fused-ring (bicyclic) bond motifs is 2. The Kier molecular flexibility index (Phi) is 4.47. The standard InChI is InChI=1S/C18H24ClNO2/c1-11(2)22-18(21)17-15(12-4-6-13(19)7-5-12)10-14-8-9-16(17)20(14)3/h4-7,11,14-17H,8-10H2,1-3H3/t14-,15+,16+,17-/m0/s1. The number of carbonyl (C=O) groups excluding carboxylic acids is 1. The van der Waals surface area contributed by atoms with E-state index in [-0.39, 0.29) is 23.9 Å². The van der Waals surface area contributed by atoms with Gasteiger partial charge >= 0.3 is 5.97 Å². The number of carbonyl (C=O) groups is 1. The molecule has 2 fully saturated rings. The third-order valence-corrected chi connectivity index (χ3v) is 5.44. The van der Waals surface area contributed by atoms with E-state index in [1.165, 1.54) is 12.0 Å². The summed E-state index contributed by atoms with van der Waals surface area (Å²) in [5, 5.41) is 0.737. The van der Waals surface area contributed by atoms with Gasteiger partial charge in [-0.25, -0.2) is 0 Å². The molecular formula is C18H24ClNO2. The van der Waals surface area contributed by atoms with Crippen LogP contribution in [-0.2, 0) is 9.53 Å². The summed E-state index contributed by atoms with van der Waals surface area (Å²) in [6.07, 6.45) is 3.22. The highest BCUT2D eigenvalue weighted by molar-refractivity contribution is 6.30. The molecule has 120 valence electrons. The van der Waals surface area contributed by atoms with Crippen LogP contribution in [0.5, 0.6) is 0 Å². The molecular weight excluding hydrogens is 298 g/mol. The van der Waals surface area contributed by atoms with Gasteiger partial charge < -0.3 is 4.74 Å². The van der Waals surface area contributed by atoms with Gasteiger partial charge in [0.2, 0.25) is 0 Å². The Morgan fingerprint density at radius 3 is 2.59 bits per heavy atom. The average molecular weight is 322 g/mol. The van der Waals surface area contributed by atoms with Crippen LogP contribution in [0.15, 0.2) is 24.3 Å². The fourth-order valence-corrected chi connectivity index (χ4v) is 4.28. The Morgan fingerprint density at radius 2 is 1.95 bits per heavy atom. The number of benzene rings is 1. The molecule has 4 heteroatoms. The minimum atomic E-state index is -0.0766. The molecule has 0 saturated carbocycles. The van der Waals surface area contributed by atoms with Crippen LogP contribution in [-0.4, -0.2) is 36.1 Å². The van der Waals surface area contributed by atoms with Crippen LogP contribution >= 0.6 is 11.6 Å². The smallest absolute Gasteiger partial charge is 0.311 e. The molecule has 3 nitrogen and oxygen atoms in total. The molecule has 0 aliphatic carbocycles. The van der Waals surface area contributed by atoms with E-state index in [9.17, 15) is 4.79 Å². The maximum Gasteiger partial charge on any atom is 0.311 e. The molecule has 0 N–H and O–H groups in total. The number of piperidine rings is 1. The third kappa shape index (κ3) is 2.89. The van der Waals surface area contributed by atoms with Crippen LogP contribution in [0.25, 0.3) is 0 Å². The van der Waals surface area contributed by atoms with Gasteiger partial charge in [0.05, 0.1) is 12.0 Å². The van der Waals surface area contributed by atoms with E-state index in [0.29, 0.717) is 12.1 Å². The van der Waals surface area contributed by atoms with E-state index < -0.39 is 0 Å². The van der Waals surface area contributed by atoms with Crippen LogP contribution in [0, 0.1) is 5.92 Å². The van der Waals surface area contributed by atoms with E-state index in [0.717, 1.165) is 17.9 Å². The van der Waals surface area contributed by atoms with Gasteiger partial charge in [0.15, 0.2) is 0 Å². The monoisotopic (exact) mass is 321 g/mol.